The molecule has 1 heterocycles. The fraction of sp³-hybridized carbons (Fsp3) is 0.478. The van der Waals surface area contributed by atoms with Crippen LogP contribution in [0.25, 0.3) is 0 Å². The maximum absolute atomic E-state index is 13.0. The first kappa shape index (κ1) is 18.6. The van der Waals surface area contributed by atoms with Crippen molar-refractivity contribution < 1.29 is 4.79 Å². The molecule has 1 atom stereocenters. The molecule has 1 N–H and O–H groups in total. The van der Waals surface area contributed by atoms with Crippen LogP contribution in [0.15, 0.2) is 42.6 Å². The Bertz CT molecular complexity index is 754. The van der Waals surface area contributed by atoms with Gasteiger partial charge in [0.25, 0.3) is 5.91 Å². The van der Waals surface area contributed by atoms with Gasteiger partial charge in [0.1, 0.15) is 0 Å². The number of amides is 1. The summed E-state index contributed by atoms with van der Waals surface area (Å²) in [5.74, 6) is 0.496. The Morgan fingerprint density at radius 3 is 2.65 bits per heavy atom. The van der Waals surface area contributed by atoms with Crippen molar-refractivity contribution in [3.05, 3.63) is 65.0 Å². The minimum atomic E-state index is -0.275. The number of rotatable bonds is 6. The minimum absolute atomic E-state index is 0.00930. The predicted molar refractivity (Wildman–Crippen MR) is 106 cm³/mol. The van der Waals surface area contributed by atoms with Gasteiger partial charge in [0.15, 0.2) is 0 Å². The fourth-order valence-corrected chi connectivity index (χ4v) is 4.17. The van der Waals surface area contributed by atoms with Gasteiger partial charge in [-0.3, -0.25) is 9.78 Å². The Morgan fingerprint density at radius 2 is 1.92 bits per heavy atom. The third-order valence-electron chi connectivity index (χ3n) is 5.14. The third-order valence-corrected chi connectivity index (χ3v) is 5.14. The predicted octanol–water partition coefficient (Wildman–Crippen LogP) is 4.74. The van der Waals surface area contributed by atoms with Gasteiger partial charge in [-0.05, 0) is 68.6 Å². The Morgan fingerprint density at radius 1 is 1.19 bits per heavy atom. The van der Waals surface area contributed by atoms with Crippen molar-refractivity contribution in [1.82, 2.24) is 10.3 Å². The van der Waals surface area contributed by atoms with Gasteiger partial charge in [-0.1, -0.05) is 44.2 Å². The van der Waals surface area contributed by atoms with E-state index < -0.39 is 0 Å². The van der Waals surface area contributed by atoms with Crippen molar-refractivity contribution in [3.63, 3.8) is 0 Å². The van der Waals surface area contributed by atoms with E-state index in [0.29, 0.717) is 11.5 Å². The number of fused-ring (bicyclic) bond motifs is 1. The number of nitrogens with one attached hydrogen (secondary N) is 1. The van der Waals surface area contributed by atoms with Crippen molar-refractivity contribution >= 4 is 5.91 Å². The highest BCUT2D eigenvalue weighted by atomic mass is 16.1. The lowest BCUT2D eigenvalue weighted by Crippen LogP contribution is -2.48. The molecule has 0 fully saturated rings. The molecule has 1 amide bonds. The van der Waals surface area contributed by atoms with Crippen LogP contribution in [-0.4, -0.2) is 16.4 Å². The second-order valence-corrected chi connectivity index (χ2v) is 8.31. The molecule has 1 aliphatic carbocycles. The number of aromatic nitrogens is 1. The summed E-state index contributed by atoms with van der Waals surface area (Å²) in [4.78, 5) is 17.5. The molecule has 0 saturated carbocycles. The summed E-state index contributed by atoms with van der Waals surface area (Å²) in [6, 6.07) is 12.5. The number of pyridine rings is 1. The molecule has 3 heteroatoms. The topological polar surface area (TPSA) is 42.0 Å². The molecule has 1 aromatic heterocycles. The van der Waals surface area contributed by atoms with Gasteiger partial charge in [-0.15, -0.1) is 0 Å². The molecule has 0 aliphatic heterocycles. The van der Waals surface area contributed by atoms with Crippen LogP contribution in [0.1, 0.15) is 67.2 Å². The van der Waals surface area contributed by atoms with Gasteiger partial charge in [0.05, 0.1) is 5.56 Å². The highest BCUT2D eigenvalue weighted by Crippen LogP contribution is 2.24. The van der Waals surface area contributed by atoms with Gasteiger partial charge in [0.2, 0.25) is 0 Å². The van der Waals surface area contributed by atoms with Crippen LogP contribution in [-0.2, 0) is 19.3 Å². The molecule has 0 saturated heterocycles. The van der Waals surface area contributed by atoms with E-state index in [9.17, 15) is 4.79 Å². The molecule has 1 aromatic carbocycles. The lowest BCUT2D eigenvalue weighted by molar-refractivity contribution is 0.0893. The average molecular weight is 351 g/mol. The molecule has 26 heavy (non-hydrogen) atoms. The lowest BCUT2D eigenvalue weighted by atomic mass is 9.84. The summed E-state index contributed by atoms with van der Waals surface area (Å²) in [5, 5.41) is 3.32. The van der Waals surface area contributed by atoms with Crippen molar-refractivity contribution in [1.29, 1.82) is 0 Å². The summed E-state index contributed by atoms with van der Waals surface area (Å²) in [6.07, 6.45) is 7.99. The van der Waals surface area contributed by atoms with Gasteiger partial charge < -0.3 is 5.32 Å². The molecular formula is C23H30N2O. The van der Waals surface area contributed by atoms with Crippen molar-refractivity contribution in [3.8, 4) is 0 Å². The van der Waals surface area contributed by atoms with Crippen LogP contribution < -0.4 is 5.32 Å². The van der Waals surface area contributed by atoms with E-state index in [1.165, 1.54) is 29.7 Å². The van der Waals surface area contributed by atoms with E-state index >= 15 is 0 Å². The Labute approximate surface area is 157 Å². The van der Waals surface area contributed by atoms with Crippen LogP contribution in [0.2, 0.25) is 0 Å². The van der Waals surface area contributed by atoms with Gasteiger partial charge in [-0.2, -0.15) is 0 Å². The number of nitrogens with zero attached hydrogens (tertiary/aromatic N) is 1. The van der Waals surface area contributed by atoms with Crippen LogP contribution in [0, 0.1) is 5.92 Å². The maximum atomic E-state index is 13.0. The Balaban J connectivity index is 1.78. The third kappa shape index (κ3) is 4.72. The van der Waals surface area contributed by atoms with Crippen molar-refractivity contribution in [2.45, 2.75) is 64.8 Å². The second kappa shape index (κ2) is 8.03. The number of carbonyl (C=O) groups excluding carboxylic acids is 1. The minimum Gasteiger partial charge on any atom is -0.346 e. The standard InChI is InChI=1S/C23H30N2O/c1-17(2)14-23(3,15-18-9-5-4-6-10-18)25-22(26)20-13-19-11-7-8-12-21(19)24-16-20/h4-6,9-10,13,16-17H,7-8,11-12,14-15H2,1-3H3,(H,25,26). The molecule has 1 aliphatic rings. The smallest absolute Gasteiger partial charge is 0.253 e. The zero-order valence-corrected chi connectivity index (χ0v) is 16.2. The summed E-state index contributed by atoms with van der Waals surface area (Å²) < 4.78 is 0. The molecule has 0 radical (unpaired) electrons. The number of hydrogen-bond acceptors (Lipinski definition) is 2. The summed E-state index contributed by atoms with van der Waals surface area (Å²) in [5.41, 5.74) is 4.08. The summed E-state index contributed by atoms with van der Waals surface area (Å²) >= 11 is 0. The normalized spacial score (nSPS) is 16.0. The highest BCUT2D eigenvalue weighted by molar-refractivity contribution is 5.94. The SMILES string of the molecule is CC(C)CC(C)(Cc1ccccc1)NC(=O)c1cnc2c(c1)CCCC2. The Hall–Kier alpha value is -2.16. The zero-order valence-electron chi connectivity index (χ0n) is 16.2. The Kier molecular flexibility index (Phi) is 5.75. The quantitative estimate of drug-likeness (QED) is 0.818. The molecule has 3 rings (SSSR count). The van der Waals surface area contributed by atoms with Crippen LogP contribution in [0.4, 0.5) is 0 Å². The molecule has 2 aromatic rings. The maximum Gasteiger partial charge on any atom is 0.253 e. The van der Waals surface area contributed by atoms with Crippen LogP contribution >= 0.6 is 0 Å². The largest absolute Gasteiger partial charge is 0.346 e. The molecule has 1 unspecified atom stereocenters. The molecule has 0 spiro atoms. The van der Waals surface area contributed by atoms with Crippen LogP contribution in [0.3, 0.4) is 0 Å². The van der Waals surface area contributed by atoms with E-state index in [-0.39, 0.29) is 11.4 Å². The summed E-state index contributed by atoms with van der Waals surface area (Å²) in [7, 11) is 0. The van der Waals surface area contributed by atoms with Crippen LogP contribution in [0.5, 0.6) is 0 Å². The molecule has 138 valence electrons. The number of benzene rings is 1. The van der Waals surface area contributed by atoms with Gasteiger partial charge >= 0.3 is 0 Å². The monoisotopic (exact) mass is 350 g/mol. The van der Waals surface area contributed by atoms with Crippen molar-refractivity contribution in [2.75, 3.05) is 0 Å². The zero-order chi connectivity index (χ0) is 18.6. The molecule has 3 nitrogen and oxygen atoms in total. The number of hydrogen-bond donors (Lipinski definition) is 1. The molecular weight excluding hydrogens is 320 g/mol. The summed E-state index contributed by atoms with van der Waals surface area (Å²) in [6.45, 7) is 6.56. The number of carbonyl (C=O) groups is 1. The van der Waals surface area contributed by atoms with E-state index in [1.807, 2.05) is 6.07 Å². The average Bonchev–Trinajstić information content (AvgIpc) is 2.61. The van der Waals surface area contributed by atoms with Crippen molar-refractivity contribution in [2.24, 2.45) is 5.92 Å². The highest BCUT2D eigenvalue weighted by Gasteiger charge is 2.28. The first-order valence-electron chi connectivity index (χ1n) is 9.79. The molecule has 0 bridgehead atoms. The van der Waals surface area contributed by atoms with E-state index in [0.717, 1.165) is 25.7 Å². The van der Waals surface area contributed by atoms with Gasteiger partial charge in [0, 0.05) is 17.4 Å². The second-order valence-electron chi connectivity index (χ2n) is 8.31. The fourth-order valence-electron chi connectivity index (χ4n) is 4.17. The first-order valence-corrected chi connectivity index (χ1v) is 9.79. The van der Waals surface area contributed by atoms with E-state index in [2.05, 4.69) is 61.4 Å². The van der Waals surface area contributed by atoms with Gasteiger partial charge in [-0.25, -0.2) is 0 Å². The van der Waals surface area contributed by atoms with E-state index in [4.69, 9.17) is 0 Å². The number of aryl methyl sites for hydroxylation is 2. The van der Waals surface area contributed by atoms with E-state index in [1.54, 1.807) is 6.20 Å². The lowest BCUT2D eigenvalue weighted by Gasteiger charge is -2.33. The first-order chi connectivity index (χ1) is 12.5.